The molecule has 3 aliphatic rings. The Labute approximate surface area is 172 Å². The average molecular weight is 423 g/mol. The topological polar surface area (TPSA) is 143 Å². The molecule has 1 aromatic rings. The van der Waals surface area contributed by atoms with Crippen molar-refractivity contribution < 1.29 is 33.8 Å². The summed E-state index contributed by atoms with van der Waals surface area (Å²) in [6.45, 7) is 2.36. The molecule has 12 nitrogen and oxygen atoms in total. The third-order valence-electron chi connectivity index (χ3n) is 5.56. The van der Waals surface area contributed by atoms with Gasteiger partial charge >= 0.3 is 6.09 Å². The first kappa shape index (κ1) is 21.6. The van der Waals surface area contributed by atoms with E-state index in [1.807, 2.05) is 13.2 Å². The maximum atomic E-state index is 13.0. The first-order valence-corrected chi connectivity index (χ1v) is 9.50. The van der Waals surface area contributed by atoms with Crippen molar-refractivity contribution in [3.63, 3.8) is 0 Å². The lowest BCUT2D eigenvalue weighted by Crippen LogP contribution is -2.47. The smallest absolute Gasteiger partial charge is 0.410 e. The Morgan fingerprint density at radius 1 is 1.47 bits per heavy atom. The van der Waals surface area contributed by atoms with Gasteiger partial charge in [-0.1, -0.05) is 0 Å². The molecule has 3 fully saturated rings. The fourth-order valence-electron chi connectivity index (χ4n) is 4.00. The van der Waals surface area contributed by atoms with Crippen LogP contribution in [0.1, 0.15) is 5.56 Å². The molecule has 0 unspecified atom stereocenters. The molecule has 164 valence electrons. The predicted octanol–water partition coefficient (Wildman–Crippen LogP) is -1.34. The molecule has 0 saturated carbocycles. The Morgan fingerprint density at radius 2 is 2.23 bits per heavy atom. The highest BCUT2D eigenvalue weighted by atomic mass is 16.6. The van der Waals surface area contributed by atoms with Crippen LogP contribution in [-0.4, -0.2) is 95.1 Å². The number of aryl methyl sites for hydroxylation is 1. The number of carbonyl (C=O) groups is 4. The number of fused-ring (bicyclic) bond motifs is 1. The highest BCUT2D eigenvalue weighted by Crippen LogP contribution is 2.41. The number of carboxylic acid groups (broad SMARTS) is 1. The molecule has 1 aromatic heterocycles. The molecular weight excluding hydrogens is 398 g/mol. The Morgan fingerprint density at radius 3 is 2.87 bits per heavy atom. The number of rotatable bonds is 5. The molecule has 3 aliphatic heterocycles. The normalized spacial score (nSPS) is 24.7. The number of nitrogens with one attached hydrogen (secondary N) is 1. The van der Waals surface area contributed by atoms with Gasteiger partial charge in [0.05, 0.1) is 31.4 Å². The van der Waals surface area contributed by atoms with Gasteiger partial charge in [0.15, 0.2) is 0 Å². The molecule has 2 atom stereocenters. The molecule has 4 heterocycles. The van der Waals surface area contributed by atoms with Gasteiger partial charge in [-0.2, -0.15) is 5.10 Å². The molecule has 4 rings (SSSR count). The molecule has 3 amide bonds. The summed E-state index contributed by atoms with van der Waals surface area (Å²) in [7, 11) is 1.82. The second kappa shape index (κ2) is 9.11. The number of amides is 3. The van der Waals surface area contributed by atoms with Crippen LogP contribution in [0, 0.1) is 11.3 Å². The summed E-state index contributed by atoms with van der Waals surface area (Å²) >= 11 is 0. The molecule has 0 spiro atoms. The van der Waals surface area contributed by atoms with Gasteiger partial charge < -0.3 is 24.8 Å². The number of hydrogen-bond acceptors (Lipinski definition) is 7. The van der Waals surface area contributed by atoms with Gasteiger partial charge in [-0.05, 0) is 0 Å². The van der Waals surface area contributed by atoms with Gasteiger partial charge in [0, 0.05) is 44.4 Å². The van der Waals surface area contributed by atoms with E-state index in [-0.39, 0.29) is 30.7 Å². The van der Waals surface area contributed by atoms with E-state index >= 15 is 0 Å². The summed E-state index contributed by atoms with van der Waals surface area (Å²) in [4.78, 5) is 48.5. The largest absolute Gasteiger partial charge is 0.483 e. The summed E-state index contributed by atoms with van der Waals surface area (Å²) in [6, 6.07) is 0. The van der Waals surface area contributed by atoms with Crippen LogP contribution in [0.2, 0.25) is 0 Å². The number of carbonyl (C=O) groups excluding carboxylic acids is 3. The van der Waals surface area contributed by atoms with Gasteiger partial charge in [0.1, 0.15) is 13.2 Å². The second-order valence-electron chi connectivity index (χ2n) is 7.49. The zero-order valence-corrected chi connectivity index (χ0v) is 16.7. The summed E-state index contributed by atoms with van der Waals surface area (Å²) in [6.07, 6.45) is 3.09. The first-order chi connectivity index (χ1) is 14.4. The predicted molar refractivity (Wildman–Crippen MR) is 100.0 cm³/mol. The maximum Gasteiger partial charge on any atom is 0.410 e. The van der Waals surface area contributed by atoms with Gasteiger partial charge in [-0.3, -0.25) is 24.0 Å². The molecule has 2 N–H and O–H groups in total. The van der Waals surface area contributed by atoms with Gasteiger partial charge in [-0.25, -0.2) is 4.79 Å². The molecule has 3 saturated heterocycles. The van der Waals surface area contributed by atoms with Crippen molar-refractivity contribution in [1.82, 2.24) is 24.9 Å². The van der Waals surface area contributed by atoms with Crippen molar-refractivity contribution in [1.29, 1.82) is 0 Å². The summed E-state index contributed by atoms with van der Waals surface area (Å²) in [5, 5.41) is 13.9. The van der Waals surface area contributed by atoms with Gasteiger partial charge in [0.2, 0.25) is 11.8 Å². The molecule has 12 heteroatoms. The van der Waals surface area contributed by atoms with Crippen molar-refractivity contribution in [2.75, 3.05) is 46.0 Å². The second-order valence-corrected chi connectivity index (χ2v) is 7.49. The Balaban J connectivity index is 0.000000806. The minimum absolute atomic E-state index is 0.0141. The van der Waals surface area contributed by atoms with Crippen LogP contribution < -0.4 is 5.32 Å². The lowest BCUT2D eigenvalue weighted by atomic mass is 9.80. The van der Waals surface area contributed by atoms with Crippen molar-refractivity contribution in [3.05, 3.63) is 18.0 Å². The van der Waals surface area contributed by atoms with E-state index in [4.69, 9.17) is 19.4 Å². The van der Waals surface area contributed by atoms with Gasteiger partial charge in [-0.15, -0.1) is 0 Å². The summed E-state index contributed by atoms with van der Waals surface area (Å²) < 4.78 is 12.1. The monoisotopic (exact) mass is 423 g/mol. The average Bonchev–Trinajstić information content (AvgIpc) is 3.45. The van der Waals surface area contributed by atoms with Crippen LogP contribution in [-0.2, 0) is 37.4 Å². The van der Waals surface area contributed by atoms with Crippen molar-refractivity contribution >= 4 is 24.4 Å². The van der Waals surface area contributed by atoms with Crippen LogP contribution in [0.4, 0.5) is 4.79 Å². The number of ether oxygens (including phenoxy) is 2. The fraction of sp³-hybridized carbons (Fsp3) is 0.611. The van der Waals surface area contributed by atoms with Crippen molar-refractivity contribution in [3.8, 4) is 0 Å². The minimum atomic E-state index is -0.733. The molecule has 0 radical (unpaired) electrons. The van der Waals surface area contributed by atoms with E-state index in [1.54, 1.807) is 15.8 Å². The maximum absolute atomic E-state index is 13.0. The quantitative estimate of drug-likeness (QED) is 0.554. The van der Waals surface area contributed by atoms with Crippen LogP contribution in [0.15, 0.2) is 12.4 Å². The van der Waals surface area contributed by atoms with E-state index in [0.717, 1.165) is 5.56 Å². The number of hydrogen-bond donors (Lipinski definition) is 2. The molecule has 0 aliphatic carbocycles. The Kier molecular flexibility index (Phi) is 6.55. The van der Waals surface area contributed by atoms with E-state index in [1.165, 1.54) is 4.90 Å². The van der Waals surface area contributed by atoms with E-state index in [2.05, 4.69) is 10.4 Å². The standard InChI is InChI=1S/C17H23N5O5.CH2O2/c1-20-6-12(5-19-20)4-18-15(24)17-10-22(7-13(17)9-26-11-17)14(23)8-21-2-3-27-16(21)25;2-1-3/h5-6,13H,2-4,7-11H2,1H3,(H,18,24);1H,(H,2,3)/t13-,17-;/m0./s1. The SMILES string of the molecule is Cn1cc(CNC(=O)[C@@]23COC[C@@H]2CN(C(=O)CN2CCOC2=O)C3)cn1.O=CO. The van der Waals surface area contributed by atoms with E-state index in [9.17, 15) is 14.4 Å². The Bertz CT molecular complexity index is 813. The third-order valence-corrected chi connectivity index (χ3v) is 5.56. The zero-order chi connectivity index (χ0) is 21.7. The third kappa shape index (κ3) is 4.37. The Hall–Kier alpha value is -3.15. The zero-order valence-electron chi connectivity index (χ0n) is 16.7. The number of cyclic esters (lactones) is 1. The number of aromatic nitrogens is 2. The van der Waals surface area contributed by atoms with E-state index in [0.29, 0.717) is 46.0 Å². The molecular formula is C18H25N5O7. The summed E-state index contributed by atoms with van der Waals surface area (Å²) in [5.41, 5.74) is 0.180. The van der Waals surface area contributed by atoms with Gasteiger partial charge in [0.25, 0.3) is 6.47 Å². The van der Waals surface area contributed by atoms with E-state index < -0.39 is 11.5 Å². The fourth-order valence-corrected chi connectivity index (χ4v) is 4.00. The molecule has 0 bridgehead atoms. The molecule has 30 heavy (non-hydrogen) atoms. The lowest BCUT2D eigenvalue weighted by Gasteiger charge is -2.26. The highest BCUT2D eigenvalue weighted by Gasteiger charge is 2.56. The van der Waals surface area contributed by atoms with Crippen molar-refractivity contribution in [2.24, 2.45) is 18.4 Å². The number of nitrogens with zero attached hydrogens (tertiary/aromatic N) is 4. The first-order valence-electron chi connectivity index (χ1n) is 9.50. The molecule has 0 aromatic carbocycles. The highest BCUT2D eigenvalue weighted by molar-refractivity contribution is 5.87. The van der Waals surface area contributed by atoms with Crippen LogP contribution in [0.3, 0.4) is 0 Å². The van der Waals surface area contributed by atoms with Crippen LogP contribution in [0.5, 0.6) is 0 Å². The van der Waals surface area contributed by atoms with Crippen LogP contribution >= 0.6 is 0 Å². The minimum Gasteiger partial charge on any atom is -0.483 e. The van der Waals surface area contributed by atoms with Crippen molar-refractivity contribution in [2.45, 2.75) is 6.54 Å². The lowest BCUT2D eigenvalue weighted by molar-refractivity contribution is -0.134. The number of likely N-dealkylation sites (tertiary alicyclic amines) is 1. The van der Waals surface area contributed by atoms with Crippen LogP contribution in [0.25, 0.3) is 0 Å². The summed E-state index contributed by atoms with van der Waals surface area (Å²) in [5.74, 6) is -0.312.